The van der Waals surface area contributed by atoms with E-state index in [1.165, 1.54) is 19.3 Å². The van der Waals surface area contributed by atoms with Crippen LogP contribution in [0.4, 0.5) is 0 Å². The molecule has 19 heavy (non-hydrogen) atoms. The molecule has 104 valence electrons. The smallest absolute Gasteiger partial charge is 0.251 e. The Labute approximate surface area is 128 Å². The van der Waals surface area contributed by atoms with E-state index < -0.39 is 0 Å². The molecule has 1 aromatic rings. The van der Waals surface area contributed by atoms with Crippen molar-refractivity contribution in [2.24, 2.45) is 5.92 Å². The molecule has 1 aliphatic carbocycles. The van der Waals surface area contributed by atoms with E-state index in [-0.39, 0.29) is 5.91 Å². The Bertz CT molecular complexity index is 463. The van der Waals surface area contributed by atoms with Gasteiger partial charge in [-0.05, 0) is 52.9 Å². The number of rotatable bonds is 3. The molecule has 2 rings (SSSR count). The van der Waals surface area contributed by atoms with Gasteiger partial charge in [0.05, 0.1) is 5.02 Å². The highest BCUT2D eigenvalue weighted by atomic mass is 79.9. The summed E-state index contributed by atoms with van der Waals surface area (Å²) in [5.41, 5.74) is 0.664. The summed E-state index contributed by atoms with van der Waals surface area (Å²) >= 11 is 9.30. The highest BCUT2D eigenvalue weighted by molar-refractivity contribution is 9.10. The topological polar surface area (TPSA) is 29.1 Å². The largest absolute Gasteiger partial charge is 0.349 e. The molecule has 4 heteroatoms. The summed E-state index contributed by atoms with van der Waals surface area (Å²) in [7, 11) is 0. The van der Waals surface area contributed by atoms with Gasteiger partial charge in [-0.1, -0.05) is 37.8 Å². The van der Waals surface area contributed by atoms with E-state index in [1.54, 1.807) is 18.2 Å². The first-order valence-corrected chi connectivity index (χ1v) is 8.04. The van der Waals surface area contributed by atoms with Crippen molar-refractivity contribution < 1.29 is 4.79 Å². The third-order valence-electron chi connectivity index (χ3n) is 3.93. The van der Waals surface area contributed by atoms with Crippen molar-refractivity contribution in [2.75, 3.05) is 0 Å². The average Bonchev–Trinajstić information content (AvgIpc) is 2.42. The second-order valence-corrected chi connectivity index (χ2v) is 6.42. The van der Waals surface area contributed by atoms with Crippen molar-refractivity contribution >= 4 is 33.4 Å². The minimum atomic E-state index is 0.00252. The lowest BCUT2D eigenvalue weighted by atomic mass is 9.83. The summed E-state index contributed by atoms with van der Waals surface area (Å²) in [5.74, 6) is 0.621. The average molecular weight is 345 g/mol. The normalized spacial score (nSPS) is 23.1. The molecule has 0 spiro atoms. The second-order valence-electron chi connectivity index (χ2n) is 5.16. The Morgan fingerprint density at radius 2 is 2.16 bits per heavy atom. The zero-order valence-corrected chi connectivity index (χ0v) is 13.4. The van der Waals surface area contributed by atoms with Crippen LogP contribution in [0.1, 0.15) is 49.4 Å². The number of benzene rings is 1. The summed E-state index contributed by atoms with van der Waals surface area (Å²) in [6.07, 6.45) is 5.96. The Kier molecular flexibility index (Phi) is 5.28. The molecule has 1 fully saturated rings. The molecular weight excluding hydrogens is 326 g/mol. The van der Waals surface area contributed by atoms with Crippen LogP contribution < -0.4 is 5.32 Å². The Morgan fingerprint density at radius 1 is 1.42 bits per heavy atom. The lowest BCUT2D eigenvalue weighted by Gasteiger charge is -2.31. The lowest BCUT2D eigenvalue weighted by Crippen LogP contribution is -2.41. The standard InChI is InChI=1S/C15H19BrClNO/c1-2-10-5-3-4-6-14(10)18-15(19)11-7-8-13(17)12(16)9-11/h7-10,14H,2-6H2,1H3,(H,18,19). The van der Waals surface area contributed by atoms with E-state index in [0.717, 1.165) is 17.3 Å². The van der Waals surface area contributed by atoms with Gasteiger partial charge in [-0.2, -0.15) is 0 Å². The molecule has 2 nitrogen and oxygen atoms in total. The van der Waals surface area contributed by atoms with Gasteiger partial charge in [-0.3, -0.25) is 4.79 Å². The fourth-order valence-electron chi connectivity index (χ4n) is 2.78. The number of halogens is 2. The van der Waals surface area contributed by atoms with E-state index in [1.807, 2.05) is 0 Å². The van der Waals surface area contributed by atoms with Gasteiger partial charge < -0.3 is 5.32 Å². The third-order valence-corrected chi connectivity index (χ3v) is 5.15. The maximum absolute atomic E-state index is 12.3. The van der Waals surface area contributed by atoms with Crippen LogP contribution in [0, 0.1) is 5.92 Å². The van der Waals surface area contributed by atoms with Crippen molar-refractivity contribution in [3.63, 3.8) is 0 Å². The number of nitrogens with one attached hydrogen (secondary N) is 1. The van der Waals surface area contributed by atoms with Gasteiger partial charge in [-0.25, -0.2) is 0 Å². The molecule has 0 aliphatic heterocycles. The van der Waals surface area contributed by atoms with Gasteiger partial charge in [0, 0.05) is 16.1 Å². The molecule has 2 atom stereocenters. The SMILES string of the molecule is CCC1CCCCC1NC(=O)c1ccc(Cl)c(Br)c1. The number of carbonyl (C=O) groups is 1. The zero-order chi connectivity index (χ0) is 13.8. The molecular formula is C15H19BrClNO. The van der Waals surface area contributed by atoms with Crippen LogP contribution >= 0.6 is 27.5 Å². The van der Waals surface area contributed by atoms with Crippen molar-refractivity contribution in [3.8, 4) is 0 Å². The molecule has 1 aliphatic rings. The molecule has 1 amide bonds. The predicted octanol–water partition coefficient (Wildman–Crippen LogP) is 4.80. The number of amides is 1. The van der Waals surface area contributed by atoms with Crippen LogP contribution in [0.3, 0.4) is 0 Å². The van der Waals surface area contributed by atoms with Crippen molar-refractivity contribution in [2.45, 2.75) is 45.1 Å². The van der Waals surface area contributed by atoms with Crippen molar-refractivity contribution in [3.05, 3.63) is 33.3 Å². The Balaban J connectivity index is 2.05. The fraction of sp³-hybridized carbons (Fsp3) is 0.533. The molecule has 0 radical (unpaired) electrons. The van der Waals surface area contributed by atoms with E-state index in [4.69, 9.17) is 11.6 Å². The first-order chi connectivity index (χ1) is 9.11. The summed E-state index contributed by atoms with van der Waals surface area (Å²) in [6, 6.07) is 5.62. The summed E-state index contributed by atoms with van der Waals surface area (Å²) in [4.78, 5) is 12.3. The monoisotopic (exact) mass is 343 g/mol. The number of carbonyl (C=O) groups excluding carboxylic acids is 1. The van der Waals surface area contributed by atoms with E-state index >= 15 is 0 Å². The van der Waals surface area contributed by atoms with Gasteiger partial charge in [0.15, 0.2) is 0 Å². The molecule has 1 aromatic carbocycles. The van der Waals surface area contributed by atoms with Crippen LogP contribution in [-0.2, 0) is 0 Å². The lowest BCUT2D eigenvalue weighted by molar-refractivity contribution is 0.0904. The van der Waals surface area contributed by atoms with Crippen molar-refractivity contribution in [1.82, 2.24) is 5.32 Å². The fourth-order valence-corrected chi connectivity index (χ4v) is 3.27. The Hall–Kier alpha value is -0.540. The molecule has 1 N–H and O–H groups in total. The van der Waals surface area contributed by atoms with Gasteiger partial charge in [0.1, 0.15) is 0 Å². The van der Waals surface area contributed by atoms with Crippen LogP contribution in [0.15, 0.2) is 22.7 Å². The third kappa shape index (κ3) is 3.73. The minimum absolute atomic E-state index is 0.00252. The number of hydrogen-bond donors (Lipinski definition) is 1. The maximum Gasteiger partial charge on any atom is 0.251 e. The molecule has 0 bridgehead atoms. The summed E-state index contributed by atoms with van der Waals surface area (Å²) in [5, 5.41) is 3.81. The van der Waals surface area contributed by atoms with Crippen LogP contribution in [-0.4, -0.2) is 11.9 Å². The summed E-state index contributed by atoms with van der Waals surface area (Å²) < 4.78 is 0.762. The van der Waals surface area contributed by atoms with Crippen LogP contribution in [0.5, 0.6) is 0 Å². The van der Waals surface area contributed by atoms with Crippen molar-refractivity contribution in [1.29, 1.82) is 0 Å². The molecule has 2 unspecified atom stereocenters. The zero-order valence-electron chi connectivity index (χ0n) is 11.1. The summed E-state index contributed by atoms with van der Waals surface area (Å²) in [6.45, 7) is 2.20. The molecule has 0 heterocycles. The van der Waals surface area contributed by atoms with E-state index in [2.05, 4.69) is 28.2 Å². The van der Waals surface area contributed by atoms with Gasteiger partial charge in [-0.15, -0.1) is 0 Å². The van der Waals surface area contributed by atoms with Gasteiger partial charge >= 0.3 is 0 Å². The minimum Gasteiger partial charge on any atom is -0.349 e. The van der Waals surface area contributed by atoms with E-state index in [9.17, 15) is 4.79 Å². The maximum atomic E-state index is 12.3. The quantitative estimate of drug-likeness (QED) is 0.838. The molecule has 0 saturated heterocycles. The van der Waals surface area contributed by atoms with Crippen LogP contribution in [0.25, 0.3) is 0 Å². The first-order valence-electron chi connectivity index (χ1n) is 6.87. The van der Waals surface area contributed by atoms with Crippen LogP contribution in [0.2, 0.25) is 5.02 Å². The predicted molar refractivity (Wildman–Crippen MR) is 82.7 cm³/mol. The van der Waals surface area contributed by atoms with E-state index in [0.29, 0.717) is 22.5 Å². The number of hydrogen-bond acceptors (Lipinski definition) is 1. The van der Waals surface area contributed by atoms with Gasteiger partial charge in [0.25, 0.3) is 5.91 Å². The van der Waals surface area contributed by atoms with Gasteiger partial charge in [0.2, 0.25) is 0 Å². The highest BCUT2D eigenvalue weighted by Gasteiger charge is 2.25. The Morgan fingerprint density at radius 3 is 2.84 bits per heavy atom. The highest BCUT2D eigenvalue weighted by Crippen LogP contribution is 2.27. The molecule has 0 aromatic heterocycles. The second kappa shape index (κ2) is 6.76. The molecule has 1 saturated carbocycles. The first kappa shape index (κ1) is 14.9.